The van der Waals surface area contributed by atoms with Gasteiger partial charge < -0.3 is 25.3 Å². The van der Waals surface area contributed by atoms with Crippen LogP contribution in [0.1, 0.15) is 42.7 Å². The van der Waals surface area contributed by atoms with Gasteiger partial charge in [-0.3, -0.25) is 14.6 Å². The zero-order valence-electron chi connectivity index (χ0n) is 15.9. The number of nitrogens with zero attached hydrogens (tertiary/aromatic N) is 2. The Labute approximate surface area is 159 Å². The average molecular weight is 375 g/mol. The fourth-order valence-electron chi connectivity index (χ4n) is 3.75. The summed E-state index contributed by atoms with van der Waals surface area (Å²) < 4.78 is 5.05. The molecule has 2 amide bonds. The summed E-state index contributed by atoms with van der Waals surface area (Å²) in [4.78, 5) is 30.5. The predicted octanol–water partition coefficient (Wildman–Crippen LogP) is 0.965. The zero-order valence-corrected chi connectivity index (χ0v) is 15.9. The Balaban J connectivity index is 1.35. The zero-order chi connectivity index (χ0) is 19.1. The van der Waals surface area contributed by atoms with Crippen LogP contribution in [-0.2, 0) is 4.79 Å². The number of hydrogen-bond donors (Lipinski definition) is 3. The molecular weight excluding hydrogens is 346 g/mol. The highest BCUT2D eigenvalue weighted by atomic mass is 16.3. The van der Waals surface area contributed by atoms with E-state index in [1.807, 2.05) is 4.90 Å². The van der Waals surface area contributed by atoms with Gasteiger partial charge in [0, 0.05) is 45.2 Å². The molecule has 3 N–H and O–H groups in total. The summed E-state index contributed by atoms with van der Waals surface area (Å²) >= 11 is 0. The number of guanidine groups is 1. The Morgan fingerprint density at radius 3 is 2.70 bits per heavy atom. The number of furan rings is 1. The molecule has 0 bridgehead atoms. The van der Waals surface area contributed by atoms with Crippen LogP contribution in [0.5, 0.6) is 0 Å². The van der Waals surface area contributed by atoms with Crippen molar-refractivity contribution in [3.8, 4) is 0 Å². The van der Waals surface area contributed by atoms with E-state index in [0.717, 1.165) is 32.4 Å². The first-order valence-corrected chi connectivity index (χ1v) is 9.75. The monoisotopic (exact) mass is 375 g/mol. The maximum absolute atomic E-state index is 12.5. The molecule has 27 heavy (non-hydrogen) atoms. The summed E-state index contributed by atoms with van der Waals surface area (Å²) in [5.41, 5.74) is 0. The first-order chi connectivity index (χ1) is 13.2. The topological polar surface area (TPSA) is 99.0 Å². The molecule has 0 aromatic carbocycles. The molecule has 2 heterocycles. The van der Waals surface area contributed by atoms with Crippen LogP contribution in [0.15, 0.2) is 27.8 Å². The van der Waals surface area contributed by atoms with Crippen molar-refractivity contribution in [1.29, 1.82) is 0 Å². The van der Waals surface area contributed by atoms with Gasteiger partial charge in [-0.2, -0.15) is 0 Å². The van der Waals surface area contributed by atoms with Gasteiger partial charge in [0.25, 0.3) is 5.91 Å². The predicted molar refractivity (Wildman–Crippen MR) is 102 cm³/mol. The fourth-order valence-corrected chi connectivity index (χ4v) is 3.75. The van der Waals surface area contributed by atoms with Crippen molar-refractivity contribution >= 4 is 17.8 Å². The van der Waals surface area contributed by atoms with E-state index in [9.17, 15) is 9.59 Å². The number of aliphatic imine (C=N–C) groups is 1. The van der Waals surface area contributed by atoms with Gasteiger partial charge in [-0.05, 0) is 31.4 Å². The average Bonchev–Trinajstić information content (AvgIpc) is 3.44. The van der Waals surface area contributed by atoms with E-state index in [0.29, 0.717) is 30.7 Å². The van der Waals surface area contributed by atoms with Crippen LogP contribution in [0.2, 0.25) is 0 Å². The molecule has 0 radical (unpaired) electrons. The highest BCUT2D eigenvalue weighted by Crippen LogP contribution is 2.27. The molecule has 8 heteroatoms. The van der Waals surface area contributed by atoms with Gasteiger partial charge in [0.1, 0.15) is 0 Å². The second kappa shape index (κ2) is 9.43. The molecule has 1 unspecified atom stereocenters. The highest BCUT2D eigenvalue weighted by Gasteiger charge is 2.32. The Hall–Kier alpha value is -2.51. The van der Waals surface area contributed by atoms with Crippen LogP contribution in [0.4, 0.5) is 0 Å². The Morgan fingerprint density at radius 1 is 1.22 bits per heavy atom. The van der Waals surface area contributed by atoms with E-state index in [1.54, 1.807) is 19.2 Å². The quantitative estimate of drug-likeness (QED) is 0.391. The Bertz CT molecular complexity index is 652. The molecule has 8 nitrogen and oxygen atoms in total. The van der Waals surface area contributed by atoms with Crippen molar-refractivity contribution in [2.75, 3.05) is 33.2 Å². The minimum Gasteiger partial charge on any atom is -0.459 e. The Kier molecular flexibility index (Phi) is 6.73. The van der Waals surface area contributed by atoms with Crippen molar-refractivity contribution in [2.45, 2.75) is 38.1 Å². The first kappa shape index (κ1) is 19.3. The molecule has 1 aromatic rings. The standard InChI is InChI=1S/C19H29N5O3/c1-20-19(22-10-9-21-17(25)16-7-4-12-27-16)23-15-8-11-24(13-15)18(26)14-5-2-3-6-14/h4,7,12,14-15H,2-3,5-6,8-11,13H2,1H3,(H,21,25)(H2,20,22,23). The molecule has 2 aliphatic rings. The van der Waals surface area contributed by atoms with Crippen molar-refractivity contribution < 1.29 is 14.0 Å². The molecule has 1 aliphatic heterocycles. The van der Waals surface area contributed by atoms with Crippen LogP contribution in [0, 0.1) is 5.92 Å². The van der Waals surface area contributed by atoms with Crippen LogP contribution < -0.4 is 16.0 Å². The van der Waals surface area contributed by atoms with E-state index in [4.69, 9.17) is 4.42 Å². The van der Waals surface area contributed by atoms with E-state index in [1.165, 1.54) is 19.1 Å². The molecule has 1 saturated carbocycles. The van der Waals surface area contributed by atoms with E-state index in [-0.39, 0.29) is 17.9 Å². The SMILES string of the molecule is CN=C(NCCNC(=O)c1ccco1)NC1CCN(C(=O)C2CCCC2)C1. The van der Waals surface area contributed by atoms with Gasteiger partial charge in [-0.25, -0.2) is 0 Å². The van der Waals surface area contributed by atoms with E-state index < -0.39 is 0 Å². The number of likely N-dealkylation sites (tertiary alicyclic amines) is 1. The first-order valence-electron chi connectivity index (χ1n) is 9.75. The molecule has 3 rings (SSSR count). The Morgan fingerprint density at radius 2 is 2.00 bits per heavy atom. The lowest BCUT2D eigenvalue weighted by molar-refractivity contribution is -0.134. The normalized spacial score (nSPS) is 20.7. The third kappa shape index (κ3) is 5.24. The lowest BCUT2D eigenvalue weighted by Crippen LogP contribution is -2.47. The van der Waals surface area contributed by atoms with Crippen LogP contribution >= 0.6 is 0 Å². The number of rotatable bonds is 6. The van der Waals surface area contributed by atoms with Gasteiger partial charge in [0.2, 0.25) is 5.91 Å². The van der Waals surface area contributed by atoms with Gasteiger partial charge in [0.05, 0.1) is 6.26 Å². The lowest BCUT2D eigenvalue weighted by Gasteiger charge is -2.21. The number of nitrogens with one attached hydrogen (secondary N) is 3. The molecule has 0 spiro atoms. The summed E-state index contributed by atoms with van der Waals surface area (Å²) in [6.45, 7) is 2.54. The highest BCUT2D eigenvalue weighted by molar-refractivity contribution is 5.91. The molecule has 2 fully saturated rings. The summed E-state index contributed by atoms with van der Waals surface area (Å²) in [6, 6.07) is 3.52. The molecular formula is C19H29N5O3. The van der Waals surface area contributed by atoms with Crippen molar-refractivity contribution in [3.05, 3.63) is 24.2 Å². The summed E-state index contributed by atoms with van der Waals surface area (Å²) in [5.74, 6) is 1.30. The third-order valence-electron chi connectivity index (χ3n) is 5.22. The summed E-state index contributed by atoms with van der Waals surface area (Å²) in [6.07, 6.45) is 6.84. The number of carbonyl (C=O) groups is 2. The van der Waals surface area contributed by atoms with E-state index >= 15 is 0 Å². The molecule has 1 aromatic heterocycles. The molecule has 1 saturated heterocycles. The van der Waals surface area contributed by atoms with Gasteiger partial charge in [-0.15, -0.1) is 0 Å². The number of carbonyl (C=O) groups excluding carboxylic acids is 2. The molecule has 148 valence electrons. The minimum atomic E-state index is -0.235. The summed E-state index contributed by atoms with van der Waals surface area (Å²) in [7, 11) is 1.72. The lowest BCUT2D eigenvalue weighted by atomic mass is 10.1. The van der Waals surface area contributed by atoms with Crippen LogP contribution in [0.3, 0.4) is 0 Å². The fraction of sp³-hybridized carbons (Fsp3) is 0.632. The number of amides is 2. The maximum Gasteiger partial charge on any atom is 0.287 e. The third-order valence-corrected chi connectivity index (χ3v) is 5.22. The summed E-state index contributed by atoms with van der Waals surface area (Å²) in [5, 5.41) is 9.34. The second-order valence-corrected chi connectivity index (χ2v) is 7.13. The van der Waals surface area contributed by atoms with E-state index in [2.05, 4.69) is 20.9 Å². The second-order valence-electron chi connectivity index (χ2n) is 7.13. The maximum atomic E-state index is 12.5. The largest absolute Gasteiger partial charge is 0.459 e. The minimum absolute atomic E-state index is 0.208. The molecule has 1 atom stereocenters. The van der Waals surface area contributed by atoms with Crippen molar-refractivity contribution in [2.24, 2.45) is 10.9 Å². The van der Waals surface area contributed by atoms with Gasteiger partial charge in [-0.1, -0.05) is 12.8 Å². The van der Waals surface area contributed by atoms with Crippen LogP contribution in [0.25, 0.3) is 0 Å². The van der Waals surface area contributed by atoms with Gasteiger partial charge >= 0.3 is 0 Å². The molecule has 1 aliphatic carbocycles. The number of hydrogen-bond acceptors (Lipinski definition) is 4. The van der Waals surface area contributed by atoms with Gasteiger partial charge in [0.15, 0.2) is 11.7 Å². The smallest absolute Gasteiger partial charge is 0.287 e. The van der Waals surface area contributed by atoms with Crippen LogP contribution in [-0.4, -0.2) is 61.9 Å². The van der Waals surface area contributed by atoms with Crippen molar-refractivity contribution in [3.63, 3.8) is 0 Å². The van der Waals surface area contributed by atoms with Crippen molar-refractivity contribution in [1.82, 2.24) is 20.9 Å².